The van der Waals surface area contributed by atoms with E-state index in [1.54, 1.807) is 24.3 Å². The first-order valence-electron chi connectivity index (χ1n) is 7.31. The standard InChI is InChI=1S/C19H18N2O3/c1-13-4-3-5-15(8-13)12-24-17-7-6-14(10-18(17)23-2)9-16(11-20)19(21)22/h3-10H,12H2,1-2H3,(H2,21,22)/b16-9+. The number of benzene rings is 2. The Kier molecular flexibility index (Phi) is 5.58. The van der Waals surface area contributed by atoms with Crippen LogP contribution in [0.4, 0.5) is 0 Å². The zero-order chi connectivity index (χ0) is 17.5. The third kappa shape index (κ3) is 4.37. The Balaban J connectivity index is 2.20. The number of nitriles is 1. The molecule has 2 aromatic rings. The maximum Gasteiger partial charge on any atom is 0.259 e. The Hall–Kier alpha value is -3.26. The summed E-state index contributed by atoms with van der Waals surface area (Å²) in [6, 6.07) is 15.0. The predicted octanol–water partition coefficient (Wildman–Crippen LogP) is 2.97. The van der Waals surface area contributed by atoms with Gasteiger partial charge in [-0.1, -0.05) is 35.9 Å². The van der Waals surface area contributed by atoms with E-state index in [4.69, 9.17) is 20.5 Å². The number of amides is 1. The van der Waals surface area contributed by atoms with Gasteiger partial charge in [-0.2, -0.15) is 5.26 Å². The number of hydrogen-bond donors (Lipinski definition) is 1. The van der Waals surface area contributed by atoms with Crippen molar-refractivity contribution >= 4 is 12.0 Å². The minimum Gasteiger partial charge on any atom is -0.493 e. The SMILES string of the molecule is COc1cc(/C=C(\C#N)C(N)=O)ccc1OCc1cccc(C)c1. The summed E-state index contributed by atoms with van der Waals surface area (Å²) < 4.78 is 11.1. The first-order chi connectivity index (χ1) is 11.5. The van der Waals surface area contributed by atoms with Crippen molar-refractivity contribution in [3.05, 3.63) is 64.7 Å². The Morgan fingerprint density at radius 2 is 2.04 bits per heavy atom. The molecule has 0 bridgehead atoms. The van der Waals surface area contributed by atoms with Crippen LogP contribution in [-0.4, -0.2) is 13.0 Å². The molecule has 0 unspecified atom stereocenters. The van der Waals surface area contributed by atoms with Crippen LogP contribution in [0.15, 0.2) is 48.0 Å². The van der Waals surface area contributed by atoms with Crippen molar-refractivity contribution in [2.24, 2.45) is 5.73 Å². The van der Waals surface area contributed by atoms with Crippen molar-refractivity contribution in [1.82, 2.24) is 0 Å². The summed E-state index contributed by atoms with van der Waals surface area (Å²) >= 11 is 0. The lowest BCUT2D eigenvalue weighted by atomic mass is 10.1. The average molecular weight is 322 g/mol. The molecule has 0 aliphatic carbocycles. The van der Waals surface area contributed by atoms with Crippen LogP contribution in [-0.2, 0) is 11.4 Å². The first kappa shape index (κ1) is 17.1. The fourth-order valence-corrected chi connectivity index (χ4v) is 2.18. The van der Waals surface area contributed by atoms with E-state index in [2.05, 4.69) is 6.07 Å². The zero-order valence-corrected chi connectivity index (χ0v) is 13.6. The maximum absolute atomic E-state index is 11.1. The van der Waals surface area contributed by atoms with E-state index in [1.165, 1.54) is 18.7 Å². The van der Waals surface area contributed by atoms with Crippen molar-refractivity contribution < 1.29 is 14.3 Å². The molecule has 0 radical (unpaired) electrons. The van der Waals surface area contributed by atoms with Crippen molar-refractivity contribution in [2.75, 3.05) is 7.11 Å². The number of ether oxygens (including phenoxy) is 2. The molecular weight excluding hydrogens is 304 g/mol. The molecule has 0 saturated heterocycles. The Bertz CT molecular complexity index is 820. The van der Waals surface area contributed by atoms with E-state index < -0.39 is 5.91 Å². The lowest BCUT2D eigenvalue weighted by Gasteiger charge is -2.12. The fraction of sp³-hybridized carbons (Fsp3) is 0.158. The molecule has 0 heterocycles. The van der Waals surface area contributed by atoms with Crippen molar-refractivity contribution in [2.45, 2.75) is 13.5 Å². The summed E-state index contributed by atoms with van der Waals surface area (Å²) in [4.78, 5) is 11.1. The Morgan fingerprint density at radius 1 is 1.25 bits per heavy atom. The summed E-state index contributed by atoms with van der Waals surface area (Å²) in [7, 11) is 1.53. The van der Waals surface area contributed by atoms with Crippen LogP contribution in [0.5, 0.6) is 11.5 Å². The van der Waals surface area contributed by atoms with Crippen LogP contribution in [0.2, 0.25) is 0 Å². The second kappa shape index (κ2) is 7.84. The molecule has 2 aromatic carbocycles. The summed E-state index contributed by atoms with van der Waals surface area (Å²) in [5.41, 5.74) is 7.87. The van der Waals surface area contributed by atoms with Gasteiger partial charge in [-0.15, -0.1) is 0 Å². The first-order valence-corrected chi connectivity index (χ1v) is 7.31. The van der Waals surface area contributed by atoms with Gasteiger partial charge < -0.3 is 15.2 Å². The maximum atomic E-state index is 11.1. The number of methoxy groups -OCH3 is 1. The largest absolute Gasteiger partial charge is 0.493 e. The summed E-state index contributed by atoms with van der Waals surface area (Å²) in [6.07, 6.45) is 1.41. The number of nitrogens with zero attached hydrogens (tertiary/aromatic N) is 1. The number of carbonyl (C=O) groups excluding carboxylic acids is 1. The van der Waals surface area contributed by atoms with Gasteiger partial charge in [0.2, 0.25) is 0 Å². The number of hydrogen-bond acceptors (Lipinski definition) is 4. The topological polar surface area (TPSA) is 85.3 Å². The van der Waals surface area contributed by atoms with E-state index >= 15 is 0 Å². The number of carbonyl (C=O) groups is 1. The normalized spacial score (nSPS) is 10.8. The van der Waals surface area contributed by atoms with Crippen LogP contribution in [0, 0.1) is 18.3 Å². The molecule has 0 aromatic heterocycles. The highest BCUT2D eigenvalue weighted by Crippen LogP contribution is 2.29. The smallest absolute Gasteiger partial charge is 0.259 e. The van der Waals surface area contributed by atoms with Crippen LogP contribution in [0.1, 0.15) is 16.7 Å². The number of primary amides is 1. The van der Waals surface area contributed by atoms with E-state index in [0.717, 1.165) is 5.56 Å². The van der Waals surface area contributed by atoms with Gasteiger partial charge in [-0.3, -0.25) is 4.79 Å². The van der Waals surface area contributed by atoms with Crippen molar-refractivity contribution in [3.63, 3.8) is 0 Å². The Morgan fingerprint density at radius 3 is 2.67 bits per heavy atom. The molecule has 2 N–H and O–H groups in total. The van der Waals surface area contributed by atoms with Gasteiger partial charge in [0.25, 0.3) is 5.91 Å². The molecule has 2 rings (SSSR count). The predicted molar refractivity (Wildman–Crippen MR) is 91.3 cm³/mol. The van der Waals surface area contributed by atoms with Gasteiger partial charge >= 0.3 is 0 Å². The van der Waals surface area contributed by atoms with Crippen LogP contribution in [0.3, 0.4) is 0 Å². The lowest BCUT2D eigenvalue weighted by molar-refractivity contribution is -0.114. The molecule has 5 heteroatoms. The number of aryl methyl sites for hydroxylation is 1. The second-order valence-corrected chi connectivity index (χ2v) is 5.22. The average Bonchev–Trinajstić information content (AvgIpc) is 2.58. The Labute approximate surface area is 140 Å². The summed E-state index contributed by atoms with van der Waals surface area (Å²) in [5, 5.41) is 8.90. The fourth-order valence-electron chi connectivity index (χ4n) is 2.18. The molecular formula is C19H18N2O3. The summed E-state index contributed by atoms with van der Waals surface area (Å²) in [6.45, 7) is 2.44. The van der Waals surface area contributed by atoms with Crippen molar-refractivity contribution in [3.8, 4) is 17.6 Å². The van der Waals surface area contributed by atoms with Gasteiger partial charge in [0.15, 0.2) is 11.5 Å². The third-order valence-electron chi connectivity index (χ3n) is 3.36. The van der Waals surface area contributed by atoms with Crippen LogP contribution >= 0.6 is 0 Å². The van der Waals surface area contributed by atoms with Crippen molar-refractivity contribution in [1.29, 1.82) is 5.26 Å². The van der Waals surface area contributed by atoms with Gasteiger partial charge in [-0.05, 0) is 36.3 Å². The van der Waals surface area contributed by atoms with E-state index in [9.17, 15) is 4.79 Å². The van der Waals surface area contributed by atoms with Gasteiger partial charge in [-0.25, -0.2) is 0 Å². The monoisotopic (exact) mass is 322 g/mol. The van der Waals surface area contributed by atoms with E-state index in [-0.39, 0.29) is 5.57 Å². The highest BCUT2D eigenvalue weighted by molar-refractivity contribution is 6.00. The minimum atomic E-state index is -0.767. The molecule has 1 amide bonds. The van der Waals surface area contributed by atoms with Gasteiger partial charge in [0.05, 0.1) is 7.11 Å². The molecule has 0 fully saturated rings. The van der Waals surface area contributed by atoms with Gasteiger partial charge in [0, 0.05) is 0 Å². The third-order valence-corrected chi connectivity index (χ3v) is 3.36. The molecule has 0 spiro atoms. The lowest BCUT2D eigenvalue weighted by Crippen LogP contribution is -2.12. The molecule has 24 heavy (non-hydrogen) atoms. The molecule has 0 aliphatic rings. The molecule has 122 valence electrons. The van der Waals surface area contributed by atoms with Gasteiger partial charge in [0.1, 0.15) is 18.2 Å². The summed E-state index contributed by atoms with van der Waals surface area (Å²) in [5.74, 6) is 0.322. The van der Waals surface area contributed by atoms with Crippen LogP contribution in [0.25, 0.3) is 6.08 Å². The molecule has 0 atom stereocenters. The van der Waals surface area contributed by atoms with E-state index in [1.807, 2.05) is 25.1 Å². The molecule has 5 nitrogen and oxygen atoms in total. The highest BCUT2D eigenvalue weighted by Gasteiger charge is 2.08. The highest BCUT2D eigenvalue weighted by atomic mass is 16.5. The molecule has 0 aliphatic heterocycles. The van der Waals surface area contributed by atoms with Crippen LogP contribution < -0.4 is 15.2 Å². The number of nitrogens with two attached hydrogens (primary N) is 1. The minimum absolute atomic E-state index is 0.120. The quantitative estimate of drug-likeness (QED) is 0.654. The van der Waals surface area contributed by atoms with E-state index in [0.29, 0.717) is 23.7 Å². The number of rotatable bonds is 6. The zero-order valence-electron chi connectivity index (χ0n) is 13.6. The molecule has 0 saturated carbocycles. The second-order valence-electron chi connectivity index (χ2n) is 5.22.